The molecule has 0 saturated carbocycles. The van der Waals surface area contributed by atoms with E-state index in [0.717, 1.165) is 39.0 Å². The first kappa shape index (κ1) is 35.4. The molecule has 1 heterocycles. The standard InChI is InChI=1S/C62H39NO/c1-2-17-40(18-3-1)41-33-35-42(36-34-41)63(43-37-38-59-48(39-43)46-21-7-15-32-58(46)64-59)57-31-16-30-56-60(57)47-22-6-10-25-51(47)62(56)54-28-13-11-26-52(54)61(53-27-12-14-29-55(53)62)49-23-8-4-19-44(49)45-20-5-9-24-50(45)61/h1-39H. The van der Waals surface area contributed by atoms with Crippen LogP contribution in [0.2, 0.25) is 0 Å². The SMILES string of the molecule is c1ccc(-c2ccc(N(c3ccc4oc5ccccc5c4c3)c3cccc4c3-c3ccccc3C43c4ccccc4C4(c5ccccc5-c5ccccc54)c4ccccc43)cc2)cc1. The molecule has 11 aromatic rings. The number of rotatable bonds is 4. The molecule has 298 valence electrons. The second-order valence-corrected chi connectivity index (χ2v) is 17.5. The van der Waals surface area contributed by atoms with E-state index in [2.05, 4.69) is 235 Å². The molecule has 14 rings (SSSR count). The van der Waals surface area contributed by atoms with Gasteiger partial charge in [0.1, 0.15) is 11.2 Å². The summed E-state index contributed by atoms with van der Waals surface area (Å²) in [7, 11) is 0. The average Bonchev–Trinajstić information content (AvgIpc) is 3.99. The Labute approximate surface area is 372 Å². The predicted molar refractivity (Wildman–Crippen MR) is 262 cm³/mol. The summed E-state index contributed by atoms with van der Waals surface area (Å²) in [6.45, 7) is 0. The molecule has 1 aromatic heterocycles. The van der Waals surface area contributed by atoms with Crippen molar-refractivity contribution in [2.24, 2.45) is 0 Å². The molecule has 10 aromatic carbocycles. The van der Waals surface area contributed by atoms with E-state index in [1.165, 1.54) is 77.9 Å². The highest BCUT2D eigenvalue weighted by atomic mass is 16.3. The quantitative estimate of drug-likeness (QED) is 0.176. The fourth-order valence-corrected chi connectivity index (χ4v) is 12.2. The maximum Gasteiger partial charge on any atom is 0.135 e. The Bertz CT molecular complexity index is 3590. The van der Waals surface area contributed by atoms with Gasteiger partial charge in [-0.3, -0.25) is 0 Å². The van der Waals surface area contributed by atoms with Crippen molar-refractivity contribution in [1.82, 2.24) is 0 Å². The molecule has 3 aliphatic rings. The lowest BCUT2D eigenvalue weighted by atomic mass is 9.52. The number of benzene rings is 10. The zero-order valence-corrected chi connectivity index (χ0v) is 34.9. The molecule has 0 fully saturated rings. The van der Waals surface area contributed by atoms with Gasteiger partial charge in [-0.15, -0.1) is 0 Å². The van der Waals surface area contributed by atoms with E-state index >= 15 is 0 Å². The molecule has 64 heavy (non-hydrogen) atoms. The summed E-state index contributed by atoms with van der Waals surface area (Å²) in [5.41, 5.74) is 22.1. The summed E-state index contributed by atoms with van der Waals surface area (Å²) in [5.74, 6) is 0. The van der Waals surface area contributed by atoms with Crippen LogP contribution in [0, 0.1) is 0 Å². The van der Waals surface area contributed by atoms with Crippen molar-refractivity contribution in [3.05, 3.63) is 281 Å². The topological polar surface area (TPSA) is 16.4 Å². The molecule has 0 atom stereocenters. The van der Waals surface area contributed by atoms with Crippen molar-refractivity contribution in [3.63, 3.8) is 0 Å². The summed E-state index contributed by atoms with van der Waals surface area (Å²) in [5, 5.41) is 2.21. The summed E-state index contributed by atoms with van der Waals surface area (Å²) in [6, 6.07) is 87.8. The zero-order valence-electron chi connectivity index (χ0n) is 34.9. The number of anilines is 3. The zero-order chi connectivity index (χ0) is 42.0. The number of para-hydroxylation sites is 1. The Morgan fingerprint density at radius 3 is 1.39 bits per heavy atom. The monoisotopic (exact) mass is 813 g/mol. The van der Waals surface area contributed by atoms with Gasteiger partial charge in [0.25, 0.3) is 0 Å². The van der Waals surface area contributed by atoms with Crippen LogP contribution in [0.3, 0.4) is 0 Å². The van der Waals surface area contributed by atoms with Crippen molar-refractivity contribution in [1.29, 1.82) is 0 Å². The first-order valence-corrected chi connectivity index (χ1v) is 22.3. The second-order valence-electron chi connectivity index (χ2n) is 17.5. The van der Waals surface area contributed by atoms with Gasteiger partial charge in [0.2, 0.25) is 0 Å². The van der Waals surface area contributed by atoms with Gasteiger partial charge in [0, 0.05) is 27.7 Å². The van der Waals surface area contributed by atoms with Crippen LogP contribution in [-0.2, 0) is 10.8 Å². The highest BCUT2D eigenvalue weighted by molar-refractivity contribution is 6.07. The maximum absolute atomic E-state index is 6.39. The third-order valence-corrected chi connectivity index (χ3v) is 14.6. The van der Waals surface area contributed by atoms with Crippen molar-refractivity contribution >= 4 is 39.0 Å². The van der Waals surface area contributed by atoms with E-state index in [1.807, 2.05) is 6.07 Å². The summed E-state index contributed by atoms with van der Waals surface area (Å²) in [6.07, 6.45) is 0. The molecular formula is C62H39NO. The first-order valence-electron chi connectivity index (χ1n) is 22.3. The molecule has 0 aliphatic heterocycles. The van der Waals surface area contributed by atoms with Gasteiger partial charge in [-0.2, -0.15) is 0 Å². The van der Waals surface area contributed by atoms with Crippen LogP contribution >= 0.6 is 0 Å². The molecule has 2 nitrogen and oxygen atoms in total. The van der Waals surface area contributed by atoms with Crippen LogP contribution in [0.5, 0.6) is 0 Å². The largest absolute Gasteiger partial charge is 0.456 e. The smallest absolute Gasteiger partial charge is 0.135 e. The number of hydrogen-bond donors (Lipinski definition) is 0. The Morgan fingerprint density at radius 2 is 0.750 bits per heavy atom. The normalized spacial score (nSPS) is 14.2. The lowest BCUT2D eigenvalue weighted by Gasteiger charge is -2.48. The van der Waals surface area contributed by atoms with Gasteiger partial charge in [0.05, 0.1) is 16.5 Å². The molecular weight excluding hydrogens is 775 g/mol. The third kappa shape index (κ3) is 4.49. The molecule has 0 radical (unpaired) electrons. The van der Waals surface area contributed by atoms with Gasteiger partial charge in [-0.25, -0.2) is 0 Å². The van der Waals surface area contributed by atoms with Gasteiger partial charge < -0.3 is 9.32 Å². The van der Waals surface area contributed by atoms with E-state index < -0.39 is 10.8 Å². The predicted octanol–water partition coefficient (Wildman–Crippen LogP) is 15.8. The summed E-state index contributed by atoms with van der Waals surface area (Å²) in [4.78, 5) is 2.47. The fourth-order valence-electron chi connectivity index (χ4n) is 12.2. The number of nitrogens with zero attached hydrogens (tertiary/aromatic N) is 1. The lowest BCUT2D eigenvalue weighted by molar-refractivity contribution is 0.633. The average molecular weight is 814 g/mol. The molecule has 2 heteroatoms. The van der Waals surface area contributed by atoms with Gasteiger partial charge in [-0.1, -0.05) is 194 Å². The minimum atomic E-state index is -0.597. The van der Waals surface area contributed by atoms with E-state index in [1.54, 1.807) is 0 Å². The Morgan fingerprint density at radius 1 is 0.297 bits per heavy atom. The maximum atomic E-state index is 6.39. The fraction of sp³-hybridized carbons (Fsp3) is 0.0323. The van der Waals surface area contributed by atoms with E-state index in [-0.39, 0.29) is 0 Å². The van der Waals surface area contributed by atoms with Crippen LogP contribution in [0.15, 0.2) is 241 Å². The van der Waals surface area contributed by atoms with E-state index in [9.17, 15) is 0 Å². The number of furan rings is 1. The summed E-state index contributed by atoms with van der Waals surface area (Å²) < 4.78 is 6.39. The van der Waals surface area contributed by atoms with Crippen LogP contribution in [0.1, 0.15) is 44.5 Å². The molecule has 2 spiro atoms. The minimum Gasteiger partial charge on any atom is -0.456 e. The van der Waals surface area contributed by atoms with E-state index in [0.29, 0.717) is 0 Å². The Kier molecular flexibility index (Phi) is 7.28. The van der Waals surface area contributed by atoms with Crippen LogP contribution in [0.4, 0.5) is 17.1 Å². The Hall–Kier alpha value is -8.20. The third-order valence-electron chi connectivity index (χ3n) is 14.6. The molecule has 3 aliphatic carbocycles. The van der Waals surface area contributed by atoms with Gasteiger partial charge >= 0.3 is 0 Å². The van der Waals surface area contributed by atoms with E-state index in [4.69, 9.17) is 4.42 Å². The van der Waals surface area contributed by atoms with Crippen molar-refractivity contribution in [2.45, 2.75) is 10.8 Å². The molecule has 0 saturated heterocycles. The van der Waals surface area contributed by atoms with Crippen LogP contribution in [-0.4, -0.2) is 0 Å². The second kappa shape index (κ2) is 13.2. The molecule has 0 amide bonds. The van der Waals surface area contributed by atoms with Crippen LogP contribution < -0.4 is 4.90 Å². The van der Waals surface area contributed by atoms with Gasteiger partial charge in [0.15, 0.2) is 0 Å². The molecule has 0 N–H and O–H groups in total. The van der Waals surface area contributed by atoms with Gasteiger partial charge in [-0.05, 0) is 115 Å². The molecule has 0 bridgehead atoms. The van der Waals surface area contributed by atoms with Crippen molar-refractivity contribution < 1.29 is 4.42 Å². The van der Waals surface area contributed by atoms with Crippen LogP contribution in [0.25, 0.3) is 55.3 Å². The minimum absolute atomic E-state index is 0.490. The molecule has 0 unspecified atom stereocenters. The highest BCUT2D eigenvalue weighted by Crippen LogP contribution is 2.68. The van der Waals surface area contributed by atoms with Crippen molar-refractivity contribution in [3.8, 4) is 33.4 Å². The summed E-state index contributed by atoms with van der Waals surface area (Å²) >= 11 is 0. The number of fused-ring (bicyclic) bond motifs is 19. The number of hydrogen-bond acceptors (Lipinski definition) is 2. The first-order chi connectivity index (χ1) is 31.8. The van der Waals surface area contributed by atoms with Crippen molar-refractivity contribution in [2.75, 3.05) is 4.90 Å². The Balaban J connectivity index is 1.07. The highest BCUT2D eigenvalue weighted by Gasteiger charge is 2.59. The lowest BCUT2D eigenvalue weighted by Crippen LogP contribution is -2.43.